The molecule has 2 aromatic rings. The van der Waals surface area contributed by atoms with Crippen LogP contribution in [0.25, 0.3) is 0 Å². The maximum absolute atomic E-state index is 9.50. The molecule has 0 aliphatic carbocycles. The number of ether oxygens (including phenoxy) is 1. The minimum Gasteiger partial charge on any atom is -0.487 e. The molecule has 0 saturated carbocycles. The highest BCUT2D eigenvalue weighted by Gasteiger charge is 2.06. The molecule has 1 heterocycles. The summed E-state index contributed by atoms with van der Waals surface area (Å²) in [6, 6.07) is 5.73. The van der Waals surface area contributed by atoms with Gasteiger partial charge in [-0.3, -0.25) is 0 Å². The highest BCUT2D eigenvalue weighted by Crippen LogP contribution is 2.23. The molecule has 0 radical (unpaired) electrons. The van der Waals surface area contributed by atoms with Gasteiger partial charge in [-0.05, 0) is 37.1 Å². The highest BCUT2D eigenvalue weighted by molar-refractivity contribution is 5.37. The Morgan fingerprint density at radius 3 is 2.78 bits per heavy atom. The number of aliphatic hydroxyl groups is 1. The third kappa shape index (κ3) is 2.71. The first-order valence-corrected chi connectivity index (χ1v) is 5.94. The molecule has 1 atom stereocenters. The maximum Gasteiger partial charge on any atom is 0.130 e. The largest absolute Gasteiger partial charge is 0.487 e. The topological polar surface area (TPSA) is 47.3 Å². The summed E-state index contributed by atoms with van der Waals surface area (Å²) in [6.07, 6.45) is 3.09. The van der Waals surface area contributed by atoms with Gasteiger partial charge in [-0.2, -0.15) is 0 Å². The van der Waals surface area contributed by atoms with Crippen molar-refractivity contribution in [2.75, 3.05) is 0 Å². The van der Waals surface area contributed by atoms with Gasteiger partial charge in [0.1, 0.15) is 12.4 Å². The molecule has 4 heteroatoms. The number of aromatic nitrogens is 2. The van der Waals surface area contributed by atoms with Crippen molar-refractivity contribution in [1.29, 1.82) is 0 Å². The summed E-state index contributed by atoms with van der Waals surface area (Å²) in [5.41, 5.74) is 2.95. The highest BCUT2D eigenvalue weighted by atomic mass is 16.5. The second kappa shape index (κ2) is 5.23. The zero-order valence-corrected chi connectivity index (χ0v) is 10.9. The van der Waals surface area contributed by atoms with Crippen molar-refractivity contribution in [3.63, 3.8) is 0 Å². The number of aryl methyl sites for hydroxylation is 2. The van der Waals surface area contributed by atoms with Crippen molar-refractivity contribution in [3.8, 4) is 5.75 Å². The van der Waals surface area contributed by atoms with E-state index in [0.29, 0.717) is 6.61 Å². The van der Waals surface area contributed by atoms with E-state index in [4.69, 9.17) is 4.74 Å². The van der Waals surface area contributed by atoms with Gasteiger partial charge in [-0.15, -0.1) is 0 Å². The molecule has 1 aromatic heterocycles. The summed E-state index contributed by atoms with van der Waals surface area (Å²) in [6.45, 7) is 4.22. The molecule has 2 rings (SSSR count). The van der Waals surface area contributed by atoms with E-state index >= 15 is 0 Å². The lowest BCUT2D eigenvalue weighted by atomic mass is 10.1. The second-order valence-electron chi connectivity index (χ2n) is 4.49. The Morgan fingerprint density at radius 2 is 2.22 bits per heavy atom. The molecule has 1 aromatic carbocycles. The zero-order chi connectivity index (χ0) is 13.1. The van der Waals surface area contributed by atoms with Gasteiger partial charge >= 0.3 is 0 Å². The van der Waals surface area contributed by atoms with Crippen LogP contribution in [-0.2, 0) is 13.7 Å². The average molecular weight is 246 g/mol. The predicted molar refractivity (Wildman–Crippen MR) is 69.4 cm³/mol. The lowest BCUT2D eigenvalue weighted by molar-refractivity contribution is 0.199. The van der Waals surface area contributed by atoms with Crippen LogP contribution in [0.15, 0.2) is 30.7 Å². The molecule has 1 N–H and O–H groups in total. The molecule has 4 nitrogen and oxygen atoms in total. The molecule has 96 valence electrons. The van der Waals surface area contributed by atoms with Crippen LogP contribution in [0.5, 0.6) is 5.75 Å². The Labute approximate surface area is 107 Å². The van der Waals surface area contributed by atoms with Gasteiger partial charge in [0.15, 0.2) is 0 Å². The van der Waals surface area contributed by atoms with Gasteiger partial charge in [0, 0.05) is 7.05 Å². The van der Waals surface area contributed by atoms with E-state index in [1.54, 1.807) is 19.4 Å². The van der Waals surface area contributed by atoms with Crippen LogP contribution in [0.4, 0.5) is 0 Å². The van der Waals surface area contributed by atoms with Gasteiger partial charge in [0.05, 0.1) is 24.3 Å². The van der Waals surface area contributed by atoms with Crippen LogP contribution >= 0.6 is 0 Å². The minimum absolute atomic E-state index is 0.449. The van der Waals surface area contributed by atoms with Crippen LogP contribution < -0.4 is 4.74 Å². The van der Waals surface area contributed by atoms with E-state index < -0.39 is 6.10 Å². The van der Waals surface area contributed by atoms with Crippen molar-refractivity contribution >= 4 is 0 Å². The monoisotopic (exact) mass is 246 g/mol. The number of hydrogen-bond donors (Lipinski definition) is 1. The van der Waals surface area contributed by atoms with E-state index in [-0.39, 0.29) is 0 Å². The van der Waals surface area contributed by atoms with E-state index in [1.807, 2.05) is 36.7 Å². The summed E-state index contributed by atoms with van der Waals surface area (Å²) < 4.78 is 7.68. The molecule has 0 bridgehead atoms. The summed E-state index contributed by atoms with van der Waals surface area (Å²) in [7, 11) is 1.94. The maximum atomic E-state index is 9.50. The van der Waals surface area contributed by atoms with Crippen molar-refractivity contribution < 1.29 is 9.84 Å². The van der Waals surface area contributed by atoms with Crippen LogP contribution in [0.1, 0.15) is 29.8 Å². The smallest absolute Gasteiger partial charge is 0.130 e. The Morgan fingerprint density at radius 1 is 1.44 bits per heavy atom. The van der Waals surface area contributed by atoms with E-state index in [1.165, 1.54) is 0 Å². The molecule has 0 aliphatic heterocycles. The normalized spacial score (nSPS) is 12.4. The molecule has 0 saturated heterocycles. The summed E-state index contributed by atoms with van der Waals surface area (Å²) in [4.78, 5) is 4.04. The van der Waals surface area contributed by atoms with Gasteiger partial charge in [-0.1, -0.05) is 6.07 Å². The second-order valence-corrected chi connectivity index (χ2v) is 4.49. The van der Waals surface area contributed by atoms with Gasteiger partial charge in [0.2, 0.25) is 0 Å². The zero-order valence-electron chi connectivity index (χ0n) is 10.9. The van der Waals surface area contributed by atoms with Crippen LogP contribution in [0.2, 0.25) is 0 Å². The Hall–Kier alpha value is -1.81. The van der Waals surface area contributed by atoms with Gasteiger partial charge in [0.25, 0.3) is 0 Å². The first kappa shape index (κ1) is 12.6. The molecule has 0 unspecified atom stereocenters. The first-order chi connectivity index (χ1) is 8.58. The Bertz CT molecular complexity index is 532. The Kier molecular flexibility index (Phi) is 3.67. The summed E-state index contributed by atoms with van der Waals surface area (Å²) in [5.74, 6) is 0.834. The fraction of sp³-hybridized carbons (Fsp3) is 0.357. The number of imidazole rings is 1. The summed E-state index contributed by atoms with van der Waals surface area (Å²) in [5, 5.41) is 9.50. The minimum atomic E-state index is -0.449. The van der Waals surface area contributed by atoms with Crippen LogP contribution in [-0.4, -0.2) is 14.7 Å². The lowest BCUT2D eigenvalue weighted by Gasteiger charge is -2.12. The number of aliphatic hydroxyl groups excluding tert-OH is 1. The quantitative estimate of drug-likeness (QED) is 0.900. The van der Waals surface area contributed by atoms with Gasteiger partial charge < -0.3 is 14.4 Å². The number of benzene rings is 1. The number of nitrogens with zero attached hydrogens (tertiary/aromatic N) is 2. The SMILES string of the molecule is Cc1cc([C@H](C)O)ccc1OCc1cncn1C. The number of hydrogen-bond acceptors (Lipinski definition) is 3. The summed E-state index contributed by atoms with van der Waals surface area (Å²) >= 11 is 0. The molecule has 0 spiro atoms. The third-order valence-corrected chi connectivity index (χ3v) is 2.97. The van der Waals surface area contributed by atoms with Crippen molar-refractivity contribution in [3.05, 3.63) is 47.5 Å². The molecule has 0 fully saturated rings. The lowest BCUT2D eigenvalue weighted by Crippen LogP contribution is -2.02. The van der Waals surface area contributed by atoms with Crippen LogP contribution in [0, 0.1) is 6.92 Å². The first-order valence-electron chi connectivity index (χ1n) is 5.94. The number of rotatable bonds is 4. The molecule has 18 heavy (non-hydrogen) atoms. The molecule has 0 aliphatic rings. The molecular formula is C14H18N2O2. The van der Waals surface area contributed by atoms with Crippen LogP contribution in [0.3, 0.4) is 0 Å². The molecule has 0 amide bonds. The van der Waals surface area contributed by atoms with E-state index in [2.05, 4.69) is 4.98 Å². The fourth-order valence-corrected chi connectivity index (χ4v) is 1.77. The fourth-order valence-electron chi connectivity index (χ4n) is 1.77. The predicted octanol–water partition coefficient (Wildman–Crippen LogP) is 2.36. The third-order valence-electron chi connectivity index (χ3n) is 2.97. The average Bonchev–Trinajstić information content (AvgIpc) is 2.73. The van der Waals surface area contributed by atoms with E-state index in [9.17, 15) is 5.11 Å². The Balaban J connectivity index is 2.08. The standard InChI is InChI=1S/C14H18N2O2/c1-10-6-12(11(2)17)4-5-14(10)18-8-13-7-15-9-16(13)3/h4-7,9,11,17H,8H2,1-3H3/t11-/m0/s1. The van der Waals surface area contributed by atoms with Gasteiger partial charge in [-0.25, -0.2) is 4.98 Å². The van der Waals surface area contributed by atoms with Crippen molar-refractivity contribution in [2.45, 2.75) is 26.6 Å². The van der Waals surface area contributed by atoms with E-state index in [0.717, 1.165) is 22.6 Å². The van der Waals surface area contributed by atoms with Crippen molar-refractivity contribution in [1.82, 2.24) is 9.55 Å². The van der Waals surface area contributed by atoms with Crippen molar-refractivity contribution in [2.24, 2.45) is 7.05 Å². The molecular weight excluding hydrogens is 228 g/mol.